The molecule has 1 aromatic heterocycles. The fraction of sp³-hybridized carbons (Fsp3) is 0.571. The zero-order valence-electron chi connectivity index (χ0n) is 15.5. The molecular weight excluding hydrogens is 364 g/mol. The average molecular weight is 391 g/mol. The van der Waals surface area contributed by atoms with E-state index < -0.39 is 5.60 Å². The number of hydrogen-bond acceptors (Lipinski definition) is 3. The lowest BCUT2D eigenvalue weighted by atomic mass is 9.87. The first kappa shape index (κ1) is 18.8. The summed E-state index contributed by atoms with van der Waals surface area (Å²) in [6.07, 6.45) is 9.38. The molecule has 2 aromatic rings. The van der Waals surface area contributed by atoms with E-state index in [0.717, 1.165) is 23.2 Å². The minimum atomic E-state index is -0.872. The van der Waals surface area contributed by atoms with Crippen LogP contribution < -0.4 is 5.32 Å². The van der Waals surface area contributed by atoms with Crippen LogP contribution in [0.2, 0.25) is 5.02 Å². The molecule has 146 valence electrons. The highest BCUT2D eigenvalue weighted by Gasteiger charge is 2.37. The Morgan fingerprint density at radius 1 is 1.30 bits per heavy atom. The second-order valence-electron chi connectivity index (χ2n) is 8.07. The minimum Gasteiger partial charge on any atom is -0.383 e. The summed E-state index contributed by atoms with van der Waals surface area (Å²) in [5.74, 6) is 0.636. The zero-order valence-corrected chi connectivity index (χ0v) is 16.3. The second-order valence-corrected chi connectivity index (χ2v) is 8.48. The lowest BCUT2D eigenvalue weighted by Crippen LogP contribution is -2.52. The Kier molecular flexibility index (Phi) is 5.44. The van der Waals surface area contributed by atoms with Crippen LogP contribution in [0.5, 0.6) is 0 Å². The van der Waals surface area contributed by atoms with E-state index in [2.05, 4.69) is 5.32 Å². The Bertz CT molecular complexity index is 822. The summed E-state index contributed by atoms with van der Waals surface area (Å²) in [6, 6.07) is 5.60. The highest BCUT2D eigenvalue weighted by Crippen LogP contribution is 2.31. The van der Waals surface area contributed by atoms with Crippen LogP contribution in [0.3, 0.4) is 0 Å². The van der Waals surface area contributed by atoms with Gasteiger partial charge in [0.2, 0.25) is 0 Å². The molecule has 2 N–H and O–H groups in total. The lowest BCUT2D eigenvalue weighted by molar-refractivity contribution is -0.184. The van der Waals surface area contributed by atoms with Crippen molar-refractivity contribution in [2.24, 2.45) is 5.92 Å². The van der Waals surface area contributed by atoms with Crippen LogP contribution >= 0.6 is 11.6 Å². The van der Waals surface area contributed by atoms with Crippen molar-refractivity contribution in [1.29, 1.82) is 0 Å². The number of nitrogens with zero attached hydrogens (tertiary/aromatic N) is 1. The standard InChI is InChI=1S/C21H27ClN2O3/c22-17-7-4-8-18-19(17)16(11-24(18)12-21(26)13-27-14-21)20(25)23-10-9-15-5-2-1-3-6-15/h4,7-8,11,15,26H,1-3,5-6,9-10,12-14H2,(H,23,25). The fourth-order valence-electron chi connectivity index (χ4n) is 4.32. The van der Waals surface area contributed by atoms with Gasteiger partial charge in [0.05, 0.1) is 35.9 Å². The van der Waals surface area contributed by atoms with Gasteiger partial charge in [0.15, 0.2) is 0 Å². The number of fused-ring (bicyclic) bond motifs is 1. The molecule has 1 aliphatic heterocycles. The van der Waals surface area contributed by atoms with E-state index >= 15 is 0 Å². The summed E-state index contributed by atoms with van der Waals surface area (Å²) in [5.41, 5.74) is 0.562. The molecule has 1 amide bonds. The van der Waals surface area contributed by atoms with E-state index in [1.54, 1.807) is 6.07 Å². The number of amides is 1. The Morgan fingerprint density at radius 2 is 2.07 bits per heavy atom. The number of benzene rings is 1. The van der Waals surface area contributed by atoms with Gasteiger partial charge in [-0.3, -0.25) is 4.79 Å². The summed E-state index contributed by atoms with van der Waals surface area (Å²) in [4.78, 5) is 12.8. The average Bonchev–Trinajstić information content (AvgIpc) is 3.01. The summed E-state index contributed by atoms with van der Waals surface area (Å²) >= 11 is 6.41. The van der Waals surface area contributed by atoms with Gasteiger partial charge < -0.3 is 19.7 Å². The topological polar surface area (TPSA) is 63.5 Å². The number of rotatable bonds is 6. The van der Waals surface area contributed by atoms with Crippen LogP contribution in [0.25, 0.3) is 10.9 Å². The summed E-state index contributed by atoms with van der Waals surface area (Å²) in [7, 11) is 0. The molecule has 1 saturated carbocycles. The van der Waals surface area contributed by atoms with Gasteiger partial charge >= 0.3 is 0 Å². The quantitative estimate of drug-likeness (QED) is 0.789. The van der Waals surface area contributed by atoms with Gasteiger partial charge in [0.1, 0.15) is 5.60 Å². The van der Waals surface area contributed by atoms with Gasteiger partial charge in [0, 0.05) is 18.1 Å². The van der Waals surface area contributed by atoms with Gasteiger partial charge in [-0.15, -0.1) is 0 Å². The number of aliphatic hydroxyl groups is 1. The number of carbonyl (C=O) groups is 1. The van der Waals surface area contributed by atoms with E-state index in [0.29, 0.717) is 36.9 Å². The highest BCUT2D eigenvalue weighted by molar-refractivity contribution is 6.36. The van der Waals surface area contributed by atoms with Crippen molar-refractivity contribution >= 4 is 28.4 Å². The molecule has 0 atom stereocenters. The van der Waals surface area contributed by atoms with Gasteiger partial charge in [-0.2, -0.15) is 0 Å². The van der Waals surface area contributed by atoms with E-state index in [-0.39, 0.29) is 5.91 Å². The van der Waals surface area contributed by atoms with Crippen LogP contribution in [0.4, 0.5) is 0 Å². The first-order chi connectivity index (χ1) is 13.1. The lowest BCUT2D eigenvalue weighted by Gasteiger charge is -2.36. The summed E-state index contributed by atoms with van der Waals surface area (Å²) in [5, 5.41) is 14.8. The number of halogens is 1. The number of nitrogens with one attached hydrogen (secondary N) is 1. The molecule has 27 heavy (non-hydrogen) atoms. The molecular formula is C21H27ClN2O3. The van der Waals surface area contributed by atoms with Crippen molar-refractivity contribution < 1.29 is 14.6 Å². The highest BCUT2D eigenvalue weighted by atomic mass is 35.5. The number of hydrogen-bond donors (Lipinski definition) is 2. The van der Waals surface area contributed by atoms with Crippen LogP contribution in [0.1, 0.15) is 48.9 Å². The maximum Gasteiger partial charge on any atom is 0.253 e. The molecule has 1 saturated heterocycles. The molecule has 0 bridgehead atoms. The predicted molar refractivity (Wildman–Crippen MR) is 106 cm³/mol. The molecule has 2 fully saturated rings. The second kappa shape index (κ2) is 7.82. The summed E-state index contributed by atoms with van der Waals surface area (Å²) < 4.78 is 7.06. The zero-order chi connectivity index (χ0) is 18.9. The van der Waals surface area contributed by atoms with Gasteiger partial charge in [0.25, 0.3) is 5.91 Å². The Balaban J connectivity index is 1.50. The third-order valence-corrected chi connectivity index (χ3v) is 6.18. The first-order valence-electron chi connectivity index (χ1n) is 9.91. The maximum atomic E-state index is 12.8. The number of ether oxygens (including phenoxy) is 1. The van der Waals surface area contributed by atoms with Gasteiger partial charge in [-0.05, 0) is 24.5 Å². The predicted octanol–water partition coefficient (Wildman–Crippen LogP) is 3.76. The van der Waals surface area contributed by atoms with Crippen molar-refractivity contribution in [3.05, 3.63) is 35.0 Å². The molecule has 1 aliphatic carbocycles. The van der Waals surface area contributed by atoms with E-state index in [1.165, 1.54) is 32.1 Å². The van der Waals surface area contributed by atoms with E-state index in [9.17, 15) is 9.90 Å². The molecule has 0 spiro atoms. The SMILES string of the molecule is O=C(NCCC1CCCCC1)c1cn(CC2(O)COC2)c2cccc(Cl)c12. The Labute approximate surface area is 164 Å². The molecule has 6 heteroatoms. The van der Waals surface area contributed by atoms with Crippen molar-refractivity contribution in [2.75, 3.05) is 19.8 Å². The molecule has 2 aliphatic rings. The van der Waals surface area contributed by atoms with Gasteiger partial charge in [-0.25, -0.2) is 0 Å². The van der Waals surface area contributed by atoms with E-state index in [4.69, 9.17) is 16.3 Å². The minimum absolute atomic E-state index is 0.0977. The molecule has 5 nitrogen and oxygen atoms in total. The van der Waals surface area contributed by atoms with Crippen LogP contribution in [0.15, 0.2) is 24.4 Å². The number of aromatic nitrogens is 1. The normalized spacial score (nSPS) is 19.8. The van der Waals surface area contributed by atoms with Crippen LogP contribution in [-0.2, 0) is 11.3 Å². The Morgan fingerprint density at radius 3 is 2.78 bits per heavy atom. The smallest absolute Gasteiger partial charge is 0.253 e. The molecule has 0 unspecified atom stereocenters. The molecule has 4 rings (SSSR count). The monoisotopic (exact) mass is 390 g/mol. The van der Waals surface area contributed by atoms with Crippen LogP contribution in [-0.4, -0.2) is 40.9 Å². The van der Waals surface area contributed by atoms with Gasteiger partial charge in [-0.1, -0.05) is 49.8 Å². The van der Waals surface area contributed by atoms with Crippen molar-refractivity contribution in [1.82, 2.24) is 9.88 Å². The van der Waals surface area contributed by atoms with Crippen molar-refractivity contribution in [3.8, 4) is 0 Å². The Hall–Kier alpha value is -1.56. The fourth-order valence-corrected chi connectivity index (χ4v) is 4.59. The van der Waals surface area contributed by atoms with Crippen LogP contribution in [0, 0.1) is 5.92 Å². The molecule has 1 aromatic carbocycles. The number of carbonyl (C=O) groups excluding carboxylic acids is 1. The maximum absolute atomic E-state index is 12.8. The van der Waals surface area contributed by atoms with Crippen molar-refractivity contribution in [2.45, 2.75) is 50.7 Å². The summed E-state index contributed by atoms with van der Waals surface area (Å²) in [6.45, 7) is 1.71. The third-order valence-electron chi connectivity index (χ3n) is 5.87. The largest absolute Gasteiger partial charge is 0.383 e. The van der Waals surface area contributed by atoms with Crippen molar-refractivity contribution in [3.63, 3.8) is 0 Å². The first-order valence-corrected chi connectivity index (χ1v) is 10.3. The molecule has 0 radical (unpaired) electrons. The third kappa shape index (κ3) is 4.00. The molecule has 2 heterocycles. The van der Waals surface area contributed by atoms with E-state index in [1.807, 2.05) is 22.9 Å².